The first-order valence-electron chi connectivity index (χ1n) is 2.91. The summed E-state index contributed by atoms with van der Waals surface area (Å²) in [5.41, 5.74) is 0.234. The van der Waals surface area contributed by atoms with Crippen LogP contribution in [0.25, 0.3) is 0 Å². The summed E-state index contributed by atoms with van der Waals surface area (Å²) in [5.74, 6) is 0. The normalized spacial score (nSPS) is 9.08. The zero-order valence-electron chi connectivity index (χ0n) is 5.71. The lowest BCUT2D eigenvalue weighted by Crippen LogP contribution is -1.97. The van der Waals surface area contributed by atoms with E-state index in [0.29, 0.717) is 4.47 Å². The van der Waals surface area contributed by atoms with Crippen LogP contribution in [0.1, 0.15) is 16.2 Å². The number of halogens is 2. The largest absolute Gasteiger partial charge is 0.274 e. The molecule has 0 aliphatic rings. The predicted molar refractivity (Wildman–Crippen MR) is 46.8 cm³/mol. The topological polar surface area (TPSA) is 53.8 Å². The maximum absolute atomic E-state index is 10.7. The van der Waals surface area contributed by atoms with Gasteiger partial charge in [-0.3, -0.25) is 4.79 Å². The van der Waals surface area contributed by atoms with E-state index < -0.39 is 5.24 Å². The Bertz CT molecular complexity index is 372. The highest BCUT2D eigenvalue weighted by Crippen LogP contribution is 2.16. The lowest BCUT2D eigenvalue weighted by molar-refractivity contribution is 0.107. The number of carbonyl (C=O) groups is 1. The first-order valence-corrected chi connectivity index (χ1v) is 4.08. The molecule has 0 unspecified atom stereocenters. The van der Waals surface area contributed by atoms with Gasteiger partial charge in [-0.15, -0.1) is 0 Å². The summed E-state index contributed by atoms with van der Waals surface area (Å²) in [6, 6.07) is 4.86. The lowest BCUT2D eigenvalue weighted by Gasteiger charge is -1.96. The van der Waals surface area contributed by atoms with Crippen LogP contribution in [0, 0.1) is 11.3 Å². The van der Waals surface area contributed by atoms with E-state index in [-0.39, 0.29) is 11.4 Å². The van der Waals surface area contributed by atoms with Gasteiger partial charge in [0.2, 0.25) is 0 Å². The maximum Gasteiger partial charge on any atom is 0.272 e. The first-order chi connectivity index (χ1) is 5.65. The third-order valence-electron chi connectivity index (χ3n) is 1.15. The van der Waals surface area contributed by atoms with Gasteiger partial charge in [-0.2, -0.15) is 5.26 Å². The second-order valence-corrected chi connectivity index (χ2v) is 3.11. The second kappa shape index (κ2) is 3.65. The molecular formula is C7H2BrClN2O. The molecule has 0 aromatic carbocycles. The van der Waals surface area contributed by atoms with Gasteiger partial charge in [0.05, 0.1) is 0 Å². The molecule has 1 rings (SSSR count). The molecule has 0 atom stereocenters. The Morgan fingerprint density at radius 2 is 2.33 bits per heavy atom. The fourth-order valence-corrected chi connectivity index (χ4v) is 1.30. The molecule has 0 N–H and O–H groups in total. The van der Waals surface area contributed by atoms with Crippen LogP contribution in [0.2, 0.25) is 0 Å². The number of nitrogens with zero attached hydrogens (tertiary/aromatic N) is 2. The van der Waals surface area contributed by atoms with Gasteiger partial charge in [0.15, 0.2) is 0 Å². The fourth-order valence-electron chi connectivity index (χ4n) is 0.642. The number of aromatic nitrogens is 1. The van der Waals surface area contributed by atoms with Crippen molar-refractivity contribution in [2.75, 3.05) is 0 Å². The minimum absolute atomic E-state index is 0.0655. The van der Waals surface area contributed by atoms with Crippen molar-refractivity contribution in [3.8, 4) is 6.07 Å². The highest BCUT2D eigenvalue weighted by Gasteiger charge is 2.09. The van der Waals surface area contributed by atoms with Gasteiger partial charge < -0.3 is 0 Å². The average Bonchev–Trinajstić information content (AvgIpc) is 2.05. The Balaban J connectivity index is 3.28. The summed E-state index contributed by atoms with van der Waals surface area (Å²) in [4.78, 5) is 14.4. The standard InChI is InChI=1S/C7H2BrClN2O/c8-5-2-1-4(3-10)11-6(5)7(9)12/h1-2H. The monoisotopic (exact) mass is 244 g/mol. The van der Waals surface area contributed by atoms with Crippen molar-refractivity contribution in [2.24, 2.45) is 0 Å². The molecule has 0 aliphatic carbocycles. The Hall–Kier alpha value is -0.920. The third kappa shape index (κ3) is 1.81. The minimum atomic E-state index is -0.682. The van der Waals surface area contributed by atoms with Gasteiger partial charge in [-0.05, 0) is 39.7 Å². The van der Waals surface area contributed by atoms with Gasteiger partial charge in [-0.1, -0.05) is 0 Å². The quantitative estimate of drug-likeness (QED) is 0.712. The molecule has 0 fully saturated rings. The van der Waals surface area contributed by atoms with E-state index in [4.69, 9.17) is 16.9 Å². The van der Waals surface area contributed by atoms with Crippen LogP contribution in [0.4, 0.5) is 0 Å². The summed E-state index contributed by atoms with van der Waals surface area (Å²) >= 11 is 8.28. The SMILES string of the molecule is N#Cc1ccc(Br)c(C(=O)Cl)n1. The van der Waals surface area contributed by atoms with E-state index in [1.165, 1.54) is 6.07 Å². The molecule has 60 valence electrons. The zero-order chi connectivity index (χ0) is 9.14. The predicted octanol–water partition coefficient (Wildman–Crippen LogP) is 2.09. The van der Waals surface area contributed by atoms with Gasteiger partial charge in [0.25, 0.3) is 5.24 Å². The first kappa shape index (κ1) is 9.17. The summed E-state index contributed by atoms with van der Waals surface area (Å²) in [5, 5.41) is 7.77. The second-order valence-electron chi connectivity index (χ2n) is 1.91. The van der Waals surface area contributed by atoms with Crippen molar-refractivity contribution >= 4 is 32.8 Å². The van der Waals surface area contributed by atoms with Gasteiger partial charge in [0.1, 0.15) is 17.5 Å². The molecule has 0 radical (unpaired) electrons. The lowest BCUT2D eigenvalue weighted by atomic mass is 10.3. The molecule has 0 saturated heterocycles. The van der Waals surface area contributed by atoms with Crippen LogP contribution in [0.5, 0.6) is 0 Å². The number of nitriles is 1. The van der Waals surface area contributed by atoms with Crippen LogP contribution in [0.3, 0.4) is 0 Å². The Kier molecular flexibility index (Phi) is 2.79. The minimum Gasteiger partial charge on any atom is -0.274 e. The number of carbonyl (C=O) groups excluding carboxylic acids is 1. The van der Waals surface area contributed by atoms with Crippen molar-refractivity contribution in [3.63, 3.8) is 0 Å². The van der Waals surface area contributed by atoms with E-state index >= 15 is 0 Å². The molecule has 0 spiro atoms. The summed E-state index contributed by atoms with van der Waals surface area (Å²) < 4.78 is 0.488. The fraction of sp³-hybridized carbons (Fsp3) is 0. The van der Waals surface area contributed by atoms with E-state index in [2.05, 4.69) is 20.9 Å². The average molecular weight is 245 g/mol. The molecule has 3 nitrogen and oxygen atoms in total. The van der Waals surface area contributed by atoms with Crippen molar-refractivity contribution in [1.29, 1.82) is 5.26 Å². The highest BCUT2D eigenvalue weighted by atomic mass is 79.9. The zero-order valence-corrected chi connectivity index (χ0v) is 8.06. The number of rotatable bonds is 1. The smallest absolute Gasteiger partial charge is 0.272 e. The molecule has 1 aromatic heterocycles. The molecule has 0 aliphatic heterocycles. The van der Waals surface area contributed by atoms with Crippen LogP contribution in [-0.4, -0.2) is 10.2 Å². The van der Waals surface area contributed by atoms with E-state index in [1.54, 1.807) is 12.1 Å². The summed E-state index contributed by atoms with van der Waals surface area (Å²) in [6.07, 6.45) is 0. The van der Waals surface area contributed by atoms with E-state index in [0.717, 1.165) is 0 Å². The molecule has 1 aromatic rings. The summed E-state index contributed by atoms with van der Waals surface area (Å²) in [7, 11) is 0. The van der Waals surface area contributed by atoms with Crippen molar-refractivity contribution in [2.45, 2.75) is 0 Å². The van der Waals surface area contributed by atoms with E-state index in [1.807, 2.05) is 0 Å². The number of hydrogen-bond donors (Lipinski definition) is 0. The van der Waals surface area contributed by atoms with Crippen molar-refractivity contribution in [3.05, 3.63) is 28.0 Å². The Morgan fingerprint density at radius 3 is 2.83 bits per heavy atom. The number of hydrogen-bond acceptors (Lipinski definition) is 3. The van der Waals surface area contributed by atoms with E-state index in [9.17, 15) is 4.79 Å². The van der Waals surface area contributed by atoms with Crippen molar-refractivity contribution in [1.82, 2.24) is 4.98 Å². The molecular weight excluding hydrogens is 243 g/mol. The van der Waals surface area contributed by atoms with Crippen LogP contribution in [0.15, 0.2) is 16.6 Å². The Morgan fingerprint density at radius 1 is 1.67 bits per heavy atom. The van der Waals surface area contributed by atoms with Gasteiger partial charge in [-0.25, -0.2) is 4.98 Å². The Labute approximate surface area is 82.1 Å². The van der Waals surface area contributed by atoms with Crippen LogP contribution in [-0.2, 0) is 0 Å². The molecule has 12 heavy (non-hydrogen) atoms. The highest BCUT2D eigenvalue weighted by molar-refractivity contribution is 9.10. The van der Waals surface area contributed by atoms with Crippen LogP contribution >= 0.6 is 27.5 Å². The van der Waals surface area contributed by atoms with Gasteiger partial charge >= 0.3 is 0 Å². The molecule has 0 amide bonds. The molecule has 0 saturated carbocycles. The van der Waals surface area contributed by atoms with Crippen LogP contribution < -0.4 is 0 Å². The summed E-state index contributed by atoms with van der Waals surface area (Å²) in [6.45, 7) is 0. The van der Waals surface area contributed by atoms with Gasteiger partial charge in [0, 0.05) is 4.47 Å². The van der Waals surface area contributed by atoms with Crippen molar-refractivity contribution < 1.29 is 4.79 Å². The molecule has 1 heterocycles. The number of pyridine rings is 1. The molecule has 0 bridgehead atoms. The maximum atomic E-state index is 10.7. The third-order valence-corrected chi connectivity index (χ3v) is 1.97. The molecule has 5 heteroatoms.